The average Bonchev–Trinajstić information content (AvgIpc) is 2.86. The number of hydrogen-bond donors (Lipinski definition) is 0. The first-order valence-corrected chi connectivity index (χ1v) is 9.39. The minimum atomic E-state index is -2.95. The van der Waals surface area contributed by atoms with Crippen LogP contribution in [0, 0.1) is 6.92 Å². The molecule has 2 aromatic rings. The molecule has 0 aliphatic carbocycles. The molecule has 1 aromatic heterocycles. The minimum absolute atomic E-state index is 0.0417. The zero-order chi connectivity index (χ0) is 16.2. The van der Waals surface area contributed by atoms with Crippen molar-refractivity contribution in [1.82, 2.24) is 4.90 Å². The first-order valence-electron chi connectivity index (χ1n) is 7.56. The minimum Gasteiger partial charge on any atom is -0.478 e. The quantitative estimate of drug-likeness (QED) is 0.734. The Kier molecular flexibility index (Phi) is 3.24. The van der Waals surface area contributed by atoms with Gasteiger partial charge in [0, 0.05) is 24.0 Å². The lowest BCUT2D eigenvalue weighted by molar-refractivity contribution is 0.0649. The van der Waals surface area contributed by atoms with Gasteiger partial charge in [-0.25, -0.2) is 13.2 Å². The Hall–Kier alpha value is -1.86. The van der Waals surface area contributed by atoms with Gasteiger partial charge in [0.2, 0.25) is 0 Å². The van der Waals surface area contributed by atoms with Gasteiger partial charge in [-0.2, -0.15) is 0 Å². The fourth-order valence-electron chi connectivity index (χ4n) is 3.41. The molecule has 0 radical (unpaired) electrons. The highest BCUT2D eigenvalue weighted by molar-refractivity contribution is 7.91. The Morgan fingerprint density at radius 3 is 2.87 bits per heavy atom. The maximum Gasteiger partial charge on any atom is 0.336 e. The monoisotopic (exact) mass is 335 g/mol. The Morgan fingerprint density at radius 1 is 1.30 bits per heavy atom. The molecule has 3 heterocycles. The maximum atomic E-state index is 11.7. The van der Waals surface area contributed by atoms with Crippen LogP contribution in [-0.2, 0) is 16.4 Å². The van der Waals surface area contributed by atoms with Crippen molar-refractivity contribution < 1.29 is 17.6 Å². The molecule has 4 rings (SSSR count). The van der Waals surface area contributed by atoms with E-state index in [-0.39, 0.29) is 23.2 Å². The summed E-state index contributed by atoms with van der Waals surface area (Å²) in [5, 5.41) is 0.882. The molecule has 23 heavy (non-hydrogen) atoms. The predicted octanol–water partition coefficient (Wildman–Crippen LogP) is 1.44. The highest BCUT2D eigenvalue weighted by Gasteiger charge is 2.35. The average molecular weight is 335 g/mol. The molecule has 1 fully saturated rings. The summed E-state index contributed by atoms with van der Waals surface area (Å²) in [6.07, 6.45) is 0.620. The van der Waals surface area contributed by atoms with Crippen LogP contribution in [0.25, 0.3) is 11.0 Å². The largest absolute Gasteiger partial charge is 0.478 e. The van der Waals surface area contributed by atoms with E-state index in [0.717, 1.165) is 16.5 Å². The molecule has 7 heteroatoms. The van der Waals surface area contributed by atoms with Crippen molar-refractivity contribution in [3.05, 3.63) is 39.7 Å². The molecule has 2 aliphatic heterocycles. The lowest BCUT2D eigenvalue weighted by atomic mass is 10.0. The highest BCUT2D eigenvalue weighted by Crippen LogP contribution is 2.34. The number of hydrogen-bond acceptors (Lipinski definition) is 6. The summed E-state index contributed by atoms with van der Waals surface area (Å²) in [5.41, 5.74) is 1.83. The van der Waals surface area contributed by atoms with Gasteiger partial charge in [-0.3, -0.25) is 4.90 Å². The molecule has 2 aliphatic rings. The molecule has 0 unspecified atom stereocenters. The molecule has 0 saturated carbocycles. The number of benzene rings is 1. The molecular weight excluding hydrogens is 318 g/mol. The van der Waals surface area contributed by atoms with E-state index in [4.69, 9.17) is 9.15 Å². The summed E-state index contributed by atoms with van der Waals surface area (Å²) < 4.78 is 34.6. The summed E-state index contributed by atoms with van der Waals surface area (Å²) in [6, 6.07) is 5.20. The number of ether oxygens (including phenoxy) is 1. The van der Waals surface area contributed by atoms with Crippen LogP contribution in [-0.4, -0.2) is 37.6 Å². The normalized spacial score (nSPS) is 23.6. The van der Waals surface area contributed by atoms with Gasteiger partial charge in [0.1, 0.15) is 18.1 Å². The second kappa shape index (κ2) is 5.07. The molecule has 1 aromatic carbocycles. The van der Waals surface area contributed by atoms with Gasteiger partial charge in [-0.05, 0) is 31.0 Å². The van der Waals surface area contributed by atoms with Crippen LogP contribution in [0.2, 0.25) is 0 Å². The van der Waals surface area contributed by atoms with Crippen LogP contribution in [0.3, 0.4) is 0 Å². The van der Waals surface area contributed by atoms with Crippen molar-refractivity contribution >= 4 is 20.8 Å². The molecule has 0 amide bonds. The van der Waals surface area contributed by atoms with Crippen molar-refractivity contribution in [2.75, 3.05) is 18.2 Å². The highest BCUT2D eigenvalue weighted by atomic mass is 32.2. The van der Waals surface area contributed by atoms with Crippen molar-refractivity contribution in [2.24, 2.45) is 0 Å². The molecule has 122 valence electrons. The van der Waals surface area contributed by atoms with Crippen LogP contribution in [0.1, 0.15) is 17.5 Å². The summed E-state index contributed by atoms with van der Waals surface area (Å²) in [6.45, 7) is 2.75. The molecule has 6 nitrogen and oxygen atoms in total. The Bertz CT molecular complexity index is 947. The number of rotatable bonds is 1. The second-order valence-corrected chi connectivity index (χ2v) is 8.47. The predicted molar refractivity (Wildman–Crippen MR) is 85.3 cm³/mol. The Balaban J connectivity index is 1.76. The Labute approximate surface area is 133 Å². The summed E-state index contributed by atoms with van der Waals surface area (Å²) in [5.74, 6) is 1.09. The first-order chi connectivity index (χ1) is 10.9. The first kappa shape index (κ1) is 14.7. The lowest BCUT2D eigenvalue weighted by Crippen LogP contribution is -2.41. The van der Waals surface area contributed by atoms with Crippen LogP contribution in [0.5, 0.6) is 5.75 Å². The van der Waals surface area contributed by atoms with Gasteiger partial charge >= 0.3 is 5.63 Å². The summed E-state index contributed by atoms with van der Waals surface area (Å²) >= 11 is 0. The topological polar surface area (TPSA) is 76.8 Å². The molecule has 0 spiro atoms. The van der Waals surface area contributed by atoms with E-state index in [0.29, 0.717) is 31.0 Å². The third-order valence-electron chi connectivity index (χ3n) is 4.65. The number of sulfone groups is 1. The van der Waals surface area contributed by atoms with E-state index in [2.05, 4.69) is 0 Å². The van der Waals surface area contributed by atoms with Crippen LogP contribution >= 0.6 is 0 Å². The van der Waals surface area contributed by atoms with Gasteiger partial charge in [-0.15, -0.1) is 0 Å². The van der Waals surface area contributed by atoms with Crippen LogP contribution < -0.4 is 10.4 Å². The van der Waals surface area contributed by atoms with E-state index >= 15 is 0 Å². The van der Waals surface area contributed by atoms with E-state index < -0.39 is 9.84 Å². The van der Waals surface area contributed by atoms with E-state index in [1.54, 1.807) is 0 Å². The fraction of sp³-hybridized carbons (Fsp3) is 0.438. The second-order valence-electron chi connectivity index (χ2n) is 6.24. The van der Waals surface area contributed by atoms with Gasteiger partial charge < -0.3 is 9.15 Å². The lowest BCUT2D eigenvalue weighted by Gasteiger charge is -2.33. The van der Waals surface area contributed by atoms with Crippen molar-refractivity contribution in [1.29, 1.82) is 0 Å². The van der Waals surface area contributed by atoms with Crippen molar-refractivity contribution in [3.8, 4) is 5.75 Å². The summed E-state index contributed by atoms with van der Waals surface area (Å²) in [4.78, 5) is 13.7. The number of fused-ring (bicyclic) bond motifs is 3. The van der Waals surface area contributed by atoms with Gasteiger partial charge in [0.05, 0.1) is 17.1 Å². The third kappa shape index (κ3) is 2.53. The SMILES string of the molecule is Cc1cc(=O)oc2c3c(ccc12)OCN([C@H]1CCS(=O)(=O)C1)C3. The van der Waals surface area contributed by atoms with Gasteiger partial charge in [0.15, 0.2) is 9.84 Å². The van der Waals surface area contributed by atoms with Crippen molar-refractivity contribution in [2.45, 2.75) is 25.9 Å². The van der Waals surface area contributed by atoms with Crippen molar-refractivity contribution in [3.63, 3.8) is 0 Å². The van der Waals surface area contributed by atoms with Crippen LogP contribution in [0.15, 0.2) is 27.4 Å². The summed E-state index contributed by atoms with van der Waals surface area (Å²) in [7, 11) is -2.95. The van der Waals surface area contributed by atoms with Crippen LogP contribution in [0.4, 0.5) is 0 Å². The van der Waals surface area contributed by atoms with E-state index in [9.17, 15) is 13.2 Å². The molecule has 0 bridgehead atoms. The molecule has 1 atom stereocenters. The van der Waals surface area contributed by atoms with E-state index in [1.807, 2.05) is 24.0 Å². The fourth-order valence-corrected chi connectivity index (χ4v) is 5.17. The van der Waals surface area contributed by atoms with Gasteiger partial charge in [-0.1, -0.05) is 0 Å². The zero-order valence-corrected chi connectivity index (χ0v) is 13.6. The molecular formula is C16H17NO5S. The zero-order valence-electron chi connectivity index (χ0n) is 12.7. The molecule has 1 saturated heterocycles. The smallest absolute Gasteiger partial charge is 0.336 e. The Morgan fingerprint density at radius 2 is 2.13 bits per heavy atom. The maximum absolute atomic E-state index is 11.7. The van der Waals surface area contributed by atoms with Gasteiger partial charge in [0.25, 0.3) is 0 Å². The van der Waals surface area contributed by atoms with E-state index in [1.165, 1.54) is 6.07 Å². The number of aryl methyl sites for hydroxylation is 1. The third-order valence-corrected chi connectivity index (χ3v) is 6.40. The number of nitrogens with zero attached hydrogens (tertiary/aromatic N) is 1. The standard InChI is InChI=1S/C16H17NO5S/c1-10-6-15(18)22-16-12(10)2-3-14-13(16)7-17(9-21-14)11-4-5-23(19,20)8-11/h2-3,6,11H,4-5,7-9H2,1H3/t11-/m0/s1. The molecule has 0 N–H and O–H groups in total.